The summed E-state index contributed by atoms with van der Waals surface area (Å²) >= 11 is 0. The van der Waals surface area contributed by atoms with Crippen molar-refractivity contribution < 1.29 is 13.9 Å². The molecule has 0 unspecified atom stereocenters. The van der Waals surface area contributed by atoms with Crippen molar-refractivity contribution in [3.63, 3.8) is 0 Å². The smallest absolute Gasteiger partial charge is 0.251 e. The lowest BCUT2D eigenvalue weighted by atomic mass is 10.1. The molecular weight excluding hydrogens is 320 g/mol. The Morgan fingerprint density at radius 1 is 1.32 bits per heavy atom. The SMILES string of the molecule is Cc1nnc(-c2cccc(C(=O)NC[C@@H](C)CN3CCOCC3)c2)o1. The summed E-state index contributed by atoms with van der Waals surface area (Å²) in [5.41, 5.74) is 1.33. The van der Waals surface area contributed by atoms with Crippen LogP contribution < -0.4 is 5.32 Å². The zero-order valence-electron chi connectivity index (χ0n) is 14.7. The summed E-state index contributed by atoms with van der Waals surface area (Å²) in [7, 11) is 0. The number of aryl methyl sites for hydroxylation is 1. The first-order valence-corrected chi connectivity index (χ1v) is 8.60. The Morgan fingerprint density at radius 3 is 2.84 bits per heavy atom. The lowest BCUT2D eigenvalue weighted by molar-refractivity contribution is 0.0317. The van der Waals surface area contributed by atoms with Gasteiger partial charge in [0.05, 0.1) is 13.2 Å². The van der Waals surface area contributed by atoms with Crippen LogP contribution in [0, 0.1) is 12.8 Å². The van der Waals surface area contributed by atoms with Gasteiger partial charge in [0.2, 0.25) is 11.8 Å². The number of aromatic nitrogens is 2. The highest BCUT2D eigenvalue weighted by Gasteiger charge is 2.15. The Morgan fingerprint density at radius 2 is 2.12 bits per heavy atom. The molecule has 1 aliphatic heterocycles. The topological polar surface area (TPSA) is 80.5 Å². The minimum absolute atomic E-state index is 0.0908. The fourth-order valence-electron chi connectivity index (χ4n) is 2.86. The molecule has 2 heterocycles. The highest BCUT2D eigenvalue weighted by molar-refractivity contribution is 5.95. The van der Waals surface area contributed by atoms with Crippen molar-refractivity contribution in [2.45, 2.75) is 13.8 Å². The van der Waals surface area contributed by atoms with Crippen LogP contribution in [-0.2, 0) is 4.74 Å². The number of morpholine rings is 1. The number of hydrogen-bond acceptors (Lipinski definition) is 6. The minimum atomic E-state index is -0.0908. The highest BCUT2D eigenvalue weighted by Crippen LogP contribution is 2.18. The van der Waals surface area contributed by atoms with Gasteiger partial charge in [-0.05, 0) is 24.1 Å². The van der Waals surface area contributed by atoms with E-state index >= 15 is 0 Å². The third-order valence-corrected chi connectivity index (χ3v) is 4.18. The Labute approximate surface area is 147 Å². The van der Waals surface area contributed by atoms with Gasteiger partial charge in [-0.15, -0.1) is 10.2 Å². The summed E-state index contributed by atoms with van der Waals surface area (Å²) in [4.78, 5) is 14.8. The third kappa shape index (κ3) is 4.87. The Bertz CT molecular complexity index is 710. The number of amides is 1. The number of benzene rings is 1. The molecule has 0 spiro atoms. The predicted molar refractivity (Wildman–Crippen MR) is 93.2 cm³/mol. The average Bonchev–Trinajstić information content (AvgIpc) is 3.07. The maximum Gasteiger partial charge on any atom is 0.251 e. The zero-order valence-corrected chi connectivity index (χ0v) is 14.7. The summed E-state index contributed by atoms with van der Waals surface area (Å²) in [5.74, 6) is 1.21. The van der Waals surface area contributed by atoms with Crippen molar-refractivity contribution in [2.75, 3.05) is 39.4 Å². The van der Waals surface area contributed by atoms with Crippen LogP contribution in [0.4, 0.5) is 0 Å². The van der Waals surface area contributed by atoms with Crippen LogP contribution in [0.3, 0.4) is 0 Å². The molecule has 1 atom stereocenters. The molecule has 1 aliphatic rings. The summed E-state index contributed by atoms with van der Waals surface area (Å²) in [6.45, 7) is 9.00. The fourth-order valence-corrected chi connectivity index (χ4v) is 2.86. The third-order valence-electron chi connectivity index (χ3n) is 4.18. The lowest BCUT2D eigenvalue weighted by Gasteiger charge is -2.29. The molecule has 1 fully saturated rings. The number of nitrogens with zero attached hydrogens (tertiary/aromatic N) is 3. The van der Waals surface area contributed by atoms with Crippen LogP contribution in [0.1, 0.15) is 23.2 Å². The van der Waals surface area contributed by atoms with Crippen molar-refractivity contribution in [3.8, 4) is 11.5 Å². The molecule has 7 heteroatoms. The second kappa shape index (κ2) is 8.22. The highest BCUT2D eigenvalue weighted by atomic mass is 16.5. The van der Waals surface area contributed by atoms with E-state index in [1.165, 1.54) is 0 Å². The van der Waals surface area contributed by atoms with Crippen molar-refractivity contribution in [2.24, 2.45) is 5.92 Å². The normalized spacial score (nSPS) is 16.6. The van der Waals surface area contributed by atoms with Gasteiger partial charge >= 0.3 is 0 Å². The Balaban J connectivity index is 1.54. The summed E-state index contributed by atoms with van der Waals surface area (Å²) in [6.07, 6.45) is 0. The standard InChI is InChI=1S/C18H24N4O3/c1-13(12-22-6-8-24-9-7-22)11-19-17(23)15-4-3-5-16(10-15)18-21-20-14(2)25-18/h3-5,10,13H,6-9,11-12H2,1-2H3,(H,19,23)/t13-/m1/s1. The predicted octanol–water partition coefficient (Wildman–Crippen LogP) is 1.74. The molecule has 0 aliphatic carbocycles. The second-order valence-corrected chi connectivity index (χ2v) is 6.44. The van der Waals surface area contributed by atoms with E-state index in [9.17, 15) is 4.79 Å². The zero-order chi connectivity index (χ0) is 17.6. The summed E-state index contributed by atoms with van der Waals surface area (Å²) in [6, 6.07) is 7.23. The van der Waals surface area contributed by atoms with Gasteiger partial charge in [-0.3, -0.25) is 9.69 Å². The van der Waals surface area contributed by atoms with Gasteiger partial charge in [-0.25, -0.2) is 0 Å². The van der Waals surface area contributed by atoms with Crippen LogP contribution in [0.15, 0.2) is 28.7 Å². The van der Waals surface area contributed by atoms with Crippen molar-refractivity contribution in [1.82, 2.24) is 20.4 Å². The van der Waals surface area contributed by atoms with E-state index in [-0.39, 0.29) is 5.91 Å². The second-order valence-electron chi connectivity index (χ2n) is 6.44. The monoisotopic (exact) mass is 344 g/mol. The first-order valence-electron chi connectivity index (χ1n) is 8.60. The van der Waals surface area contributed by atoms with E-state index in [2.05, 4.69) is 27.3 Å². The number of rotatable bonds is 6. The molecule has 0 bridgehead atoms. The van der Waals surface area contributed by atoms with Crippen LogP contribution in [0.2, 0.25) is 0 Å². The van der Waals surface area contributed by atoms with Gasteiger partial charge in [0.1, 0.15) is 0 Å². The van der Waals surface area contributed by atoms with Gasteiger partial charge in [0.25, 0.3) is 5.91 Å². The van der Waals surface area contributed by atoms with Gasteiger partial charge in [-0.2, -0.15) is 0 Å². The van der Waals surface area contributed by atoms with E-state index < -0.39 is 0 Å². The summed E-state index contributed by atoms with van der Waals surface area (Å²) < 4.78 is 10.8. The molecule has 1 saturated heterocycles. The van der Waals surface area contributed by atoms with E-state index in [1.807, 2.05) is 12.1 Å². The van der Waals surface area contributed by atoms with E-state index in [1.54, 1.807) is 19.1 Å². The molecule has 7 nitrogen and oxygen atoms in total. The first kappa shape index (κ1) is 17.6. The maximum absolute atomic E-state index is 12.4. The number of carbonyl (C=O) groups excluding carboxylic acids is 1. The van der Waals surface area contributed by atoms with E-state index in [0.29, 0.717) is 29.8 Å². The van der Waals surface area contributed by atoms with Crippen LogP contribution in [0.5, 0.6) is 0 Å². The molecule has 1 amide bonds. The molecule has 25 heavy (non-hydrogen) atoms. The molecular formula is C18H24N4O3. The first-order chi connectivity index (χ1) is 12.1. The molecule has 134 valence electrons. The number of carbonyl (C=O) groups is 1. The van der Waals surface area contributed by atoms with Crippen molar-refractivity contribution in [3.05, 3.63) is 35.7 Å². The van der Waals surface area contributed by atoms with Gasteiger partial charge in [0.15, 0.2) is 0 Å². The molecule has 1 aromatic heterocycles. The average molecular weight is 344 g/mol. The largest absolute Gasteiger partial charge is 0.421 e. The van der Waals surface area contributed by atoms with Gasteiger partial charge in [0, 0.05) is 44.2 Å². The van der Waals surface area contributed by atoms with Crippen molar-refractivity contribution in [1.29, 1.82) is 0 Å². The fraction of sp³-hybridized carbons (Fsp3) is 0.500. The molecule has 3 rings (SSSR count). The summed E-state index contributed by atoms with van der Waals surface area (Å²) in [5, 5.41) is 10.8. The van der Waals surface area contributed by atoms with E-state index in [4.69, 9.17) is 9.15 Å². The number of hydrogen-bond donors (Lipinski definition) is 1. The Hall–Kier alpha value is -2.25. The van der Waals surface area contributed by atoms with Gasteiger partial charge in [-0.1, -0.05) is 13.0 Å². The minimum Gasteiger partial charge on any atom is -0.421 e. The van der Waals surface area contributed by atoms with Crippen LogP contribution in [0.25, 0.3) is 11.5 Å². The number of nitrogens with one attached hydrogen (secondary N) is 1. The van der Waals surface area contributed by atoms with Crippen molar-refractivity contribution >= 4 is 5.91 Å². The van der Waals surface area contributed by atoms with Crippen LogP contribution in [-0.4, -0.2) is 60.4 Å². The molecule has 0 saturated carbocycles. The molecule has 2 aromatic rings. The Kier molecular flexibility index (Phi) is 5.78. The van der Waals surface area contributed by atoms with Gasteiger partial charge < -0.3 is 14.5 Å². The molecule has 1 aromatic carbocycles. The quantitative estimate of drug-likeness (QED) is 0.860. The molecule has 1 N–H and O–H groups in total. The van der Waals surface area contributed by atoms with E-state index in [0.717, 1.165) is 38.4 Å². The molecule has 0 radical (unpaired) electrons. The lowest BCUT2D eigenvalue weighted by Crippen LogP contribution is -2.41. The number of ether oxygens (including phenoxy) is 1. The maximum atomic E-state index is 12.4. The van der Waals surface area contributed by atoms with Crippen LogP contribution >= 0.6 is 0 Å².